The lowest BCUT2D eigenvalue weighted by Crippen LogP contribution is -2.54. The lowest BCUT2D eigenvalue weighted by Gasteiger charge is -2.37. The van der Waals surface area contributed by atoms with Crippen molar-refractivity contribution in [1.82, 2.24) is 10.3 Å². The Bertz CT molecular complexity index is 1240. The highest BCUT2D eigenvalue weighted by molar-refractivity contribution is 6.07. The van der Waals surface area contributed by atoms with Crippen molar-refractivity contribution in [3.8, 4) is 0 Å². The maximum absolute atomic E-state index is 14.0. The van der Waals surface area contributed by atoms with Gasteiger partial charge in [-0.15, -0.1) is 0 Å². The molecule has 3 N–H and O–H groups in total. The number of pyridine rings is 1. The van der Waals surface area contributed by atoms with E-state index in [1.54, 1.807) is 29.8 Å². The van der Waals surface area contributed by atoms with Gasteiger partial charge in [-0.25, -0.2) is 0 Å². The predicted octanol–water partition coefficient (Wildman–Crippen LogP) is 3.14. The van der Waals surface area contributed by atoms with Crippen LogP contribution < -0.4 is 20.9 Å². The number of amides is 3. The molecule has 0 radical (unpaired) electrons. The van der Waals surface area contributed by atoms with Crippen LogP contribution in [0.5, 0.6) is 0 Å². The minimum atomic E-state index is -1.13. The first-order valence-electron chi connectivity index (χ1n) is 13.7. The van der Waals surface area contributed by atoms with Crippen LogP contribution in [0.2, 0.25) is 0 Å². The molecule has 0 spiro atoms. The molecule has 2 aliphatic heterocycles. The summed E-state index contributed by atoms with van der Waals surface area (Å²) in [5.41, 5.74) is 7.89. The number of anilines is 2. The molecule has 2 aliphatic rings. The highest BCUT2D eigenvalue weighted by Crippen LogP contribution is 2.41. The number of hydrogen-bond donors (Lipinski definition) is 2. The Morgan fingerprint density at radius 2 is 1.92 bits per heavy atom. The second-order valence-corrected chi connectivity index (χ2v) is 11.6. The number of benzene rings is 1. The molecule has 39 heavy (non-hydrogen) atoms. The molecule has 9 nitrogen and oxygen atoms in total. The summed E-state index contributed by atoms with van der Waals surface area (Å²) in [6.45, 7) is 7.99. The first-order valence-corrected chi connectivity index (χ1v) is 13.7. The molecular weight excluding hydrogens is 494 g/mol. The average molecular weight is 534 g/mol. The molecule has 0 bridgehead atoms. The largest absolute Gasteiger partial charge is 0.345 e. The van der Waals surface area contributed by atoms with Gasteiger partial charge in [0.05, 0.1) is 35.2 Å². The number of Topliss-reactive ketones (excluding diaryl/α,β-unsaturated/α-hetero) is 1. The van der Waals surface area contributed by atoms with Gasteiger partial charge in [0.2, 0.25) is 17.7 Å². The fourth-order valence-corrected chi connectivity index (χ4v) is 5.30. The molecule has 1 fully saturated rings. The van der Waals surface area contributed by atoms with E-state index < -0.39 is 23.4 Å². The van der Waals surface area contributed by atoms with E-state index in [1.165, 1.54) is 0 Å². The zero-order valence-corrected chi connectivity index (χ0v) is 23.3. The number of aromatic nitrogens is 1. The van der Waals surface area contributed by atoms with Crippen molar-refractivity contribution in [1.29, 1.82) is 0 Å². The Hall–Kier alpha value is -3.59. The third-order valence-corrected chi connectivity index (χ3v) is 7.29. The van der Waals surface area contributed by atoms with Crippen LogP contribution in [0.25, 0.3) is 0 Å². The standard InChI is InChI=1S/C30H39N5O4/c1-19(2)15-23(33-29(39)30(3,4)31)25(36)17-21-16-20-9-7-11-24(34-14-8-12-26(34)37)27(20)35(28(21)38)18-22-10-5-6-13-32-22/h5-7,9-11,13,19,21,23H,8,12,14-18,31H2,1-4H3,(H,33,39)/t21?,23-/m1/s1. The number of carbonyl (C=O) groups is 4. The van der Waals surface area contributed by atoms with E-state index in [-0.39, 0.29) is 36.5 Å². The van der Waals surface area contributed by atoms with Crippen LogP contribution in [0.15, 0.2) is 42.6 Å². The molecule has 4 rings (SSSR count). The highest BCUT2D eigenvalue weighted by Gasteiger charge is 2.39. The van der Waals surface area contributed by atoms with Crippen LogP contribution in [0.4, 0.5) is 11.4 Å². The maximum atomic E-state index is 14.0. The molecule has 1 aromatic carbocycles. The van der Waals surface area contributed by atoms with Gasteiger partial charge in [0.25, 0.3) is 0 Å². The van der Waals surface area contributed by atoms with Crippen LogP contribution in [-0.2, 0) is 32.1 Å². The van der Waals surface area contributed by atoms with Crippen molar-refractivity contribution in [2.24, 2.45) is 17.6 Å². The minimum absolute atomic E-state index is 0.00741. The SMILES string of the molecule is CC(C)C[C@@H](NC(=O)C(C)(C)N)C(=O)CC1Cc2cccc(N3CCCC3=O)c2N(Cc2ccccn2)C1=O. The van der Waals surface area contributed by atoms with Gasteiger partial charge in [0.1, 0.15) is 0 Å². The molecule has 1 unspecified atom stereocenters. The Labute approximate surface area is 230 Å². The van der Waals surface area contributed by atoms with Crippen LogP contribution in [0, 0.1) is 11.8 Å². The third kappa shape index (κ3) is 6.53. The fourth-order valence-electron chi connectivity index (χ4n) is 5.30. The molecular formula is C30H39N5O4. The average Bonchev–Trinajstić information content (AvgIpc) is 3.31. The van der Waals surface area contributed by atoms with Crippen molar-refractivity contribution < 1.29 is 19.2 Å². The van der Waals surface area contributed by atoms with Crippen molar-refractivity contribution in [2.75, 3.05) is 16.3 Å². The van der Waals surface area contributed by atoms with E-state index in [4.69, 9.17) is 5.73 Å². The summed E-state index contributed by atoms with van der Waals surface area (Å²) in [6, 6.07) is 10.6. The predicted molar refractivity (Wildman–Crippen MR) is 150 cm³/mol. The number of fused-ring (bicyclic) bond motifs is 1. The summed E-state index contributed by atoms with van der Waals surface area (Å²) in [5.74, 6) is -1.18. The Balaban J connectivity index is 1.66. The summed E-state index contributed by atoms with van der Waals surface area (Å²) in [6.07, 6.45) is 3.76. The fraction of sp³-hybridized carbons (Fsp3) is 0.500. The lowest BCUT2D eigenvalue weighted by molar-refractivity contribution is -0.132. The van der Waals surface area contributed by atoms with Gasteiger partial charge in [0, 0.05) is 31.5 Å². The van der Waals surface area contributed by atoms with E-state index in [0.29, 0.717) is 37.2 Å². The molecule has 208 valence electrons. The summed E-state index contributed by atoms with van der Waals surface area (Å²) in [4.78, 5) is 60.7. The summed E-state index contributed by atoms with van der Waals surface area (Å²) < 4.78 is 0. The number of nitrogens with one attached hydrogen (secondary N) is 1. The van der Waals surface area contributed by atoms with Gasteiger partial charge in [-0.3, -0.25) is 24.2 Å². The van der Waals surface area contributed by atoms with E-state index in [1.807, 2.05) is 50.2 Å². The van der Waals surface area contributed by atoms with Gasteiger partial charge >= 0.3 is 0 Å². The molecule has 1 saturated heterocycles. The Morgan fingerprint density at radius 1 is 1.15 bits per heavy atom. The first kappa shape index (κ1) is 28.4. The third-order valence-electron chi connectivity index (χ3n) is 7.29. The number of ketones is 1. The molecule has 0 aliphatic carbocycles. The zero-order chi connectivity index (χ0) is 28.3. The van der Waals surface area contributed by atoms with Crippen LogP contribution >= 0.6 is 0 Å². The minimum Gasteiger partial charge on any atom is -0.345 e. The first-order chi connectivity index (χ1) is 18.5. The molecule has 2 aromatic rings. The van der Waals surface area contributed by atoms with Crippen molar-refractivity contribution in [3.05, 3.63) is 53.9 Å². The van der Waals surface area contributed by atoms with E-state index in [9.17, 15) is 19.2 Å². The molecule has 0 saturated carbocycles. The van der Waals surface area contributed by atoms with Gasteiger partial charge in [-0.05, 0) is 62.8 Å². The number of hydrogen-bond acceptors (Lipinski definition) is 6. The van der Waals surface area contributed by atoms with Gasteiger partial charge in [-0.2, -0.15) is 0 Å². The topological polar surface area (TPSA) is 126 Å². The Morgan fingerprint density at radius 3 is 2.54 bits per heavy atom. The van der Waals surface area contributed by atoms with E-state index in [2.05, 4.69) is 10.3 Å². The smallest absolute Gasteiger partial charge is 0.240 e. The monoisotopic (exact) mass is 533 g/mol. The number of rotatable bonds is 10. The normalized spacial score (nSPS) is 18.4. The lowest BCUT2D eigenvalue weighted by atomic mass is 9.84. The molecule has 2 atom stereocenters. The molecule has 1 aromatic heterocycles. The molecule has 9 heteroatoms. The maximum Gasteiger partial charge on any atom is 0.240 e. The van der Waals surface area contributed by atoms with Crippen molar-refractivity contribution in [2.45, 2.75) is 77.9 Å². The van der Waals surface area contributed by atoms with Crippen LogP contribution in [-0.4, -0.2) is 46.6 Å². The number of nitrogens with zero attached hydrogens (tertiary/aromatic N) is 3. The number of para-hydroxylation sites is 1. The van der Waals surface area contributed by atoms with E-state index >= 15 is 0 Å². The highest BCUT2D eigenvalue weighted by atomic mass is 16.2. The summed E-state index contributed by atoms with van der Waals surface area (Å²) in [5, 5.41) is 2.82. The van der Waals surface area contributed by atoms with Crippen molar-refractivity contribution >= 4 is 34.9 Å². The molecule has 3 heterocycles. The van der Waals surface area contributed by atoms with Crippen molar-refractivity contribution in [3.63, 3.8) is 0 Å². The second kappa shape index (κ2) is 11.7. The summed E-state index contributed by atoms with van der Waals surface area (Å²) in [7, 11) is 0. The van der Waals surface area contributed by atoms with Gasteiger partial charge in [0.15, 0.2) is 5.78 Å². The molecule has 3 amide bonds. The Kier molecular flexibility index (Phi) is 8.49. The summed E-state index contributed by atoms with van der Waals surface area (Å²) >= 11 is 0. The van der Waals surface area contributed by atoms with Gasteiger partial charge < -0.3 is 20.9 Å². The number of nitrogens with two attached hydrogens (primary N) is 1. The van der Waals surface area contributed by atoms with Gasteiger partial charge in [-0.1, -0.05) is 32.0 Å². The van der Waals surface area contributed by atoms with Crippen LogP contribution in [0.1, 0.15) is 64.6 Å². The quantitative estimate of drug-likeness (QED) is 0.483. The van der Waals surface area contributed by atoms with Crippen LogP contribution in [0.3, 0.4) is 0 Å². The number of carbonyl (C=O) groups excluding carboxylic acids is 4. The van der Waals surface area contributed by atoms with E-state index in [0.717, 1.165) is 17.7 Å². The second-order valence-electron chi connectivity index (χ2n) is 11.6. The zero-order valence-electron chi connectivity index (χ0n) is 23.3.